The molecule has 0 aromatic heterocycles. The number of hydrogen-bond donors (Lipinski definition) is 0. The van der Waals surface area contributed by atoms with Gasteiger partial charge in [-0.25, -0.2) is 0 Å². The van der Waals surface area contributed by atoms with Gasteiger partial charge < -0.3 is 9.80 Å². The average molecular weight is 294 g/mol. The largest absolute Gasteiger partial charge is 0.378 e. The van der Waals surface area contributed by atoms with Crippen molar-refractivity contribution in [1.29, 1.82) is 0 Å². The zero-order chi connectivity index (χ0) is 15.7. The third-order valence-electron chi connectivity index (χ3n) is 4.38. The number of carbonyl (C=O) groups excluding carboxylic acids is 1. The van der Waals surface area contributed by atoms with E-state index in [-0.39, 0.29) is 11.8 Å². The summed E-state index contributed by atoms with van der Waals surface area (Å²) in [7, 11) is 4.07. The Morgan fingerprint density at radius 2 is 1.73 bits per heavy atom. The third kappa shape index (κ3) is 2.47. The zero-order valence-corrected chi connectivity index (χ0v) is 13.4. The van der Waals surface area contributed by atoms with Gasteiger partial charge in [0.25, 0.3) is 0 Å². The van der Waals surface area contributed by atoms with Crippen LogP contribution in [-0.2, 0) is 11.2 Å². The number of benzene rings is 2. The summed E-state index contributed by atoms with van der Waals surface area (Å²) in [5.41, 5.74) is 4.62. The molecule has 2 aromatic rings. The van der Waals surface area contributed by atoms with Crippen LogP contribution in [0.15, 0.2) is 48.5 Å². The molecule has 0 spiro atoms. The number of nitrogens with zero attached hydrogens (tertiary/aromatic N) is 2. The number of amides is 1. The van der Waals surface area contributed by atoms with Crippen molar-refractivity contribution in [2.24, 2.45) is 0 Å². The van der Waals surface area contributed by atoms with Crippen LogP contribution >= 0.6 is 0 Å². The van der Waals surface area contributed by atoms with Gasteiger partial charge in [-0.1, -0.05) is 30.3 Å². The van der Waals surface area contributed by atoms with E-state index in [0.717, 1.165) is 24.2 Å². The second-order valence-corrected chi connectivity index (χ2v) is 5.96. The minimum Gasteiger partial charge on any atom is -0.378 e. The predicted octanol–water partition coefficient (Wildman–Crippen LogP) is 3.45. The van der Waals surface area contributed by atoms with E-state index in [2.05, 4.69) is 35.2 Å². The van der Waals surface area contributed by atoms with Crippen LogP contribution in [0.3, 0.4) is 0 Å². The van der Waals surface area contributed by atoms with Gasteiger partial charge in [-0.05, 0) is 42.7 Å². The Balaban J connectivity index is 1.87. The number of fused-ring (bicyclic) bond motifs is 1. The Labute approximate surface area is 132 Å². The molecule has 0 saturated carbocycles. The fourth-order valence-corrected chi connectivity index (χ4v) is 3.16. The molecule has 2 aromatic carbocycles. The molecular formula is C19H22N2O. The highest BCUT2D eigenvalue weighted by atomic mass is 16.2. The maximum atomic E-state index is 12.7. The molecule has 0 unspecified atom stereocenters. The molecular weight excluding hydrogens is 272 g/mol. The molecule has 1 aliphatic heterocycles. The molecule has 0 radical (unpaired) electrons. The van der Waals surface area contributed by atoms with E-state index < -0.39 is 0 Å². The molecule has 22 heavy (non-hydrogen) atoms. The molecule has 0 fully saturated rings. The maximum Gasteiger partial charge on any atom is 0.234 e. The molecule has 1 heterocycles. The molecule has 3 nitrogen and oxygen atoms in total. The summed E-state index contributed by atoms with van der Waals surface area (Å²) in [6, 6.07) is 16.6. The lowest BCUT2D eigenvalue weighted by molar-refractivity contribution is -0.119. The van der Waals surface area contributed by atoms with Gasteiger partial charge in [0.05, 0.1) is 5.92 Å². The lowest BCUT2D eigenvalue weighted by Gasteiger charge is -2.16. The summed E-state index contributed by atoms with van der Waals surface area (Å²) in [6.07, 6.45) is 0.764. The van der Waals surface area contributed by atoms with Crippen LogP contribution in [-0.4, -0.2) is 26.5 Å². The molecule has 1 amide bonds. The summed E-state index contributed by atoms with van der Waals surface area (Å²) in [6.45, 7) is 2.76. The van der Waals surface area contributed by atoms with E-state index in [1.54, 1.807) is 0 Å². The number of para-hydroxylation sites is 1. The van der Waals surface area contributed by atoms with Crippen LogP contribution in [0.25, 0.3) is 0 Å². The van der Waals surface area contributed by atoms with Crippen molar-refractivity contribution in [2.75, 3.05) is 30.4 Å². The lowest BCUT2D eigenvalue weighted by atomic mass is 9.93. The van der Waals surface area contributed by atoms with Gasteiger partial charge in [-0.2, -0.15) is 0 Å². The second-order valence-electron chi connectivity index (χ2n) is 5.96. The first-order valence-electron chi connectivity index (χ1n) is 7.78. The van der Waals surface area contributed by atoms with Crippen molar-refractivity contribution in [2.45, 2.75) is 19.3 Å². The fraction of sp³-hybridized carbons (Fsp3) is 0.316. The van der Waals surface area contributed by atoms with Gasteiger partial charge in [-0.3, -0.25) is 4.79 Å². The summed E-state index contributed by atoms with van der Waals surface area (Å²) in [4.78, 5) is 16.7. The number of hydrogen-bond acceptors (Lipinski definition) is 2. The highest BCUT2D eigenvalue weighted by Gasteiger charge is 2.35. The van der Waals surface area contributed by atoms with Crippen molar-refractivity contribution in [1.82, 2.24) is 0 Å². The second kappa shape index (κ2) is 5.84. The number of anilines is 2. The molecule has 3 heteroatoms. The number of likely N-dealkylation sites (N-methyl/N-ethyl adjacent to an activating group) is 1. The fourth-order valence-electron chi connectivity index (χ4n) is 3.16. The zero-order valence-electron chi connectivity index (χ0n) is 13.4. The van der Waals surface area contributed by atoms with E-state index >= 15 is 0 Å². The van der Waals surface area contributed by atoms with E-state index in [0.29, 0.717) is 0 Å². The van der Waals surface area contributed by atoms with Crippen molar-refractivity contribution >= 4 is 17.3 Å². The Bertz CT molecular complexity index is 676. The van der Waals surface area contributed by atoms with Crippen LogP contribution < -0.4 is 9.80 Å². The quantitative estimate of drug-likeness (QED) is 0.862. The molecule has 0 N–H and O–H groups in total. The normalized spacial score (nSPS) is 16.8. The molecule has 1 aliphatic rings. The molecule has 1 atom stereocenters. The Kier molecular flexibility index (Phi) is 3.88. The van der Waals surface area contributed by atoms with E-state index in [1.165, 1.54) is 11.3 Å². The molecule has 0 bridgehead atoms. The maximum absolute atomic E-state index is 12.7. The van der Waals surface area contributed by atoms with Gasteiger partial charge >= 0.3 is 0 Å². The summed E-state index contributed by atoms with van der Waals surface area (Å²) < 4.78 is 0. The smallest absolute Gasteiger partial charge is 0.234 e. The Hall–Kier alpha value is -2.29. The number of carbonyl (C=O) groups is 1. The minimum absolute atomic E-state index is 0.0543. The van der Waals surface area contributed by atoms with Crippen molar-refractivity contribution < 1.29 is 4.79 Å². The first-order chi connectivity index (χ1) is 10.6. The van der Waals surface area contributed by atoms with Gasteiger partial charge in [0.2, 0.25) is 5.91 Å². The van der Waals surface area contributed by atoms with Crippen LogP contribution in [0, 0.1) is 0 Å². The first-order valence-corrected chi connectivity index (χ1v) is 7.78. The predicted molar refractivity (Wildman–Crippen MR) is 91.7 cm³/mol. The minimum atomic E-state index is -0.0543. The van der Waals surface area contributed by atoms with Gasteiger partial charge in [-0.15, -0.1) is 0 Å². The average Bonchev–Trinajstić information content (AvgIpc) is 2.80. The van der Waals surface area contributed by atoms with Crippen LogP contribution in [0.2, 0.25) is 0 Å². The first kappa shape index (κ1) is 14.6. The third-order valence-corrected chi connectivity index (χ3v) is 4.38. The summed E-state index contributed by atoms with van der Waals surface area (Å²) in [5, 5.41) is 0. The molecule has 3 rings (SSSR count). The molecule has 0 aliphatic carbocycles. The highest BCUT2D eigenvalue weighted by Crippen LogP contribution is 2.38. The van der Waals surface area contributed by atoms with E-state index in [9.17, 15) is 4.79 Å². The number of rotatable bonds is 4. The van der Waals surface area contributed by atoms with E-state index in [1.807, 2.05) is 44.1 Å². The Morgan fingerprint density at radius 3 is 2.36 bits per heavy atom. The molecule has 114 valence electrons. The van der Waals surface area contributed by atoms with Gasteiger partial charge in [0.1, 0.15) is 0 Å². The lowest BCUT2D eigenvalue weighted by Crippen LogP contribution is -2.29. The summed E-state index contributed by atoms with van der Waals surface area (Å²) in [5.74, 6) is 0.168. The molecule has 0 saturated heterocycles. The SMILES string of the molecule is CCN1C(=O)[C@H](Cc2ccc(N(C)C)cc2)c2ccccc21. The topological polar surface area (TPSA) is 23.6 Å². The standard InChI is InChI=1S/C19H22N2O/c1-4-21-18-8-6-5-7-16(18)17(19(21)22)13-14-9-11-15(12-10-14)20(2)3/h5-12,17H,4,13H2,1-3H3/t17-/m1/s1. The van der Waals surface area contributed by atoms with E-state index in [4.69, 9.17) is 0 Å². The summed E-state index contributed by atoms with van der Waals surface area (Å²) >= 11 is 0. The van der Waals surface area contributed by atoms with Crippen molar-refractivity contribution in [3.63, 3.8) is 0 Å². The van der Waals surface area contributed by atoms with Crippen LogP contribution in [0.4, 0.5) is 11.4 Å². The van der Waals surface area contributed by atoms with Crippen LogP contribution in [0.5, 0.6) is 0 Å². The highest BCUT2D eigenvalue weighted by molar-refractivity contribution is 6.05. The monoisotopic (exact) mass is 294 g/mol. The van der Waals surface area contributed by atoms with Crippen LogP contribution in [0.1, 0.15) is 24.0 Å². The van der Waals surface area contributed by atoms with Gasteiger partial charge in [0, 0.05) is 32.0 Å². The van der Waals surface area contributed by atoms with Crippen molar-refractivity contribution in [3.8, 4) is 0 Å². The van der Waals surface area contributed by atoms with Crippen molar-refractivity contribution in [3.05, 3.63) is 59.7 Å². The van der Waals surface area contributed by atoms with Gasteiger partial charge in [0.15, 0.2) is 0 Å². The Morgan fingerprint density at radius 1 is 1.05 bits per heavy atom.